The van der Waals surface area contributed by atoms with Gasteiger partial charge in [-0.25, -0.2) is 0 Å². The lowest BCUT2D eigenvalue weighted by molar-refractivity contribution is -0.116. The molecule has 0 aliphatic carbocycles. The highest BCUT2D eigenvalue weighted by atomic mass is 32.2. The summed E-state index contributed by atoms with van der Waals surface area (Å²) in [5, 5.41) is 17.7. The summed E-state index contributed by atoms with van der Waals surface area (Å²) in [5.41, 5.74) is 0. The number of carbonyl (C=O) groups excluding carboxylic acids is 1. The van der Waals surface area contributed by atoms with Crippen LogP contribution in [-0.4, -0.2) is 32.6 Å². The van der Waals surface area contributed by atoms with Crippen molar-refractivity contribution in [3.05, 3.63) is 0 Å². The normalized spacial score (nSPS) is 9.33. The van der Waals surface area contributed by atoms with E-state index >= 15 is 0 Å². The first kappa shape index (κ1) is 11.4. The predicted molar refractivity (Wildman–Crippen MR) is 56.1 cm³/mol. The molecule has 78 valence electrons. The Balaban J connectivity index is 2.50. The number of aromatic nitrogens is 4. The van der Waals surface area contributed by atoms with Crippen molar-refractivity contribution < 1.29 is 4.79 Å². The SMILES string of the molecule is C#CCCC(=O)Nc1nnc(SC)nn1. The average molecular weight is 223 g/mol. The van der Waals surface area contributed by atoms with Gasteiger partial charge in [-0.3, -0.25) is 10.1 Å². The Hall–Kier alpha value is -1.68. The number of nitrogens with one attached hydrogen (secondary N) is 1. The summed E-state index contributed by atoms with van der Waals surface area (Å²) in [6.07, 6.45) is 7.45. The zero-order valence-corrected chi connectivity index (χ0v) is 8.91. The number of carbonyl (C=O) groups is 1. The molecule has 0 radical (unpaired) electrons. The monoisotopic (exact) mass is 223 g/mol. The Morgan fingerprint density at radius 2 is 2.13 bits per heavy atom. The standard InChI is InChI=1S/C8H9N5OS/c1-3-4-5-6(14)9-7-10-12-8(15-2)13-11-7/h1H,4-5H2,2H3,(H,9,10,11,14). The molecule has 1 amide bonds. The maximum Gasteiger partial charge on any atom is 0.268 e. The summed E-state index contributed by atoms with van der Waals surface area (Å²) < 4.78 is 0. The highest BCUT2D eigenvalue weighted by Gasteiger charge is 2.04. The van der Waals surface area contributed by atoms with Crippen LogP contribution in [0.1, 0.15) is 12.8 Å². The molecule has 0 unspecified atom stereocenters. The third-order valence-electron chi connectivity index (χ3n) is 1.39. The molecule has 7 heteroatoms. The average Bonchev–Trinajstić information content (AvgIpc) is 2.27. The van der Waals surface area contributed by atoms with E-state index in [1.165, 1.54) is 11.8 Å². The fourth-order valence-electron chi connectivity index (χ4n) is 0.725. The molecule has 0 aromatic carbocycles. The van der Waals surface area contributed by atoms with Crippen molar-refractivity contribution in [2.75, 3.05) is 11.6 Å². The van der Waals surface area contributed by atoms with Gasteiger partial charge in [-0.15, -0.1) is 32.7 Å². The molecule has 1 aromatic rings. The molecule has 1 heterocycles. The molecule has 0 aliphatic heterocycles. The van der Waals surface area contributed by atoms with E-state index in [4.69, 9.17) is 6.42 Å². The number of nitrogens with zero attached hydrogens (tertiary/aromatic N) is 4. The molecule has 0 saturated carbocycles. The van der Waals surface area contributed by atoms with Gasteiger partial charge in [-0.05, 0) is 6.26 Å². The van der Waals surface area contributed by atoms with Gasteiger partial charge in [-0.2, -0.15) is 0 Å². The van der Waals surface area contributed by atoms with E-state index < -0.39 is 0 Å². The zero-order valence-electron chi connectivity index (χ0n) is 8.10. The molecule has 1 aromatic heterocycles. The smallest absolute Gasteiger partial charge is 0.268 e. The van der Waals surface area contributed by atoms with Crippen molar-refractivity contribution in [3.8, 4) is 12.3 Å². The van der Waals surface area contributed by atoms with Gasteiger partial charge < -0.3 is 0 Å². The molecule has 1 rings (SSSR count). The van der Waals surface area contributed by atoms with Crippen LogP contribution in [0.3, 0.4) is 0 Å². The summed E-state index contributed by atoms with van der Waals surface area (Å²) in [7, 11) is 0. The van der Waals surface area contributed by atoms with Crippen LogP contribution in [0.25, 0.3) is 0 Å². The number of terminal acetylenes is 1. The summed E-state index contributed by atoms with van der Waals surface area (Å²) in [4.78, 5) is 11.2. The Kier molecular flexibility index (Phi) is 4.50. The van der Waals surface area contributed by atoms with Crippen LogP contribution in [-0.2, 0) is 4.79 Å². The molecule has 0 fully saturated rings. The summed E-state index contributed by atoms with van der Waals surface area (Å²) in [6.45, 7) is 0. The van der Waals surface area contributed by atoms with Crippen LogP contribution in [0, 0.1) is 12.3 Å². The zero-order chi connectivity index (χ0) is 11.1. The summed E-state index contributed by atoms with van der Waals surface area (Å²) >= 11 is 1.32. The molecule has 1 N–H and O–H groups in total. The van der Waals surface area contributed by atoms with Crippen molar-refractivity contribution in [3.63, 3.8) is 0 Å². The van der Waals surface area contributed by atoms with Crippen molar-refractivity contribution in [2.24, 2.45) is 0 Å². The van der Waals surface area contributed by atoms with Crippen molar-refractivity contribution in [1.29, 1.82) is 0 Å². The van der Waals surface area contributed by atoms with Crippen LogP contribution in [0.15, 0.2) is 5.16 Å². The minimum absolute atomic E-state index is 0.0924. The van der Waals surface area contributed by atoms with E-state index in [0.717, 1.165) is 0 Å². The summed E-state index contributed by atoms with van der Waals surface area (Å²) in [6, 6.07) is 0. The molecule has 0 bridgehead atoms. The lowest BCUT2D eigenvalue weighted by Gasteiger charge is -1.99. The minimum atomic E-state index is -0.242. The summed E-state index contributed by atoms with van der Waals surface area (Å²) in [5.74, 6) is 2.22. The van der Waals surface area contributed by atoms with E-state index in [2.05, 4.69) is 31.6 Å². The second kappa shape index (κ2) is 5.93. The first-order valence-corrected chi connectivity index (χ1v) is 5.33. The molecular weight excluding hydrogens is 214 g/mol. The van der Waals surface area contributed by atoms with Crippen LogP contribution in [0.5, 0.6) is 0 Å². The van der Waals surface area contributed by atoms with Crippen LogP contribution in [0.4, 0.5) is 5.95 Å². The molecule has 0 saturated heterocycles. The van der Waals surface area contributed by atoms with Gasteiger partial charge in [-0.1, -0.05) is 11.8 Å². The number of anilines is 1. The third kappa shape index (κ3) is 3.91. The number of hydrogen-bond donors (Lipinski definition) is 1. The Morgan fingerprint density at radius 3 is 2.67 bits per heavy atom. The van der Waals surface area contributed by atoms with Gasteiger partial charge >= 0.3 is 0 Å². The molecular formula is C8H9N5OS. The van der Waals surface area contributed by atoms with Gasteiger partial charge in [0, 0.05) is 12.8 Å². The lowest BCUT2D eigenvalue weighted by Crippen LogP contribution is -2.14. The maximum atomic E-state index is 11.2. The molecule has 6 nitrogen and oxygen atoms in total. The lowest BCUT2D eigenvalue weighted by atomic mass is 10.3. The largest absolute Gasteiger partial charge is 0.292 e. The highest BCUT2D eigenvalue weighted by molar-refractivity contribution is 7.98. The highest BCUT2D eigenvalue weighted by Crippen LogP contribution is 2.04. The number of rotatable bonds is 4. The van der Waals surface area contributed by atoms with Gasteiger partial charge in [0.25, 0.3) is 5.95 Å². The Morgan fingerprint density at radius 1 is 1.47 bits per heavy atom. The van der Waals surface area contributed by atoms with Crippen molar-refractivity contribution >= 4 is 23.6 Å². The van der Waals surface area contributed by atoms with Gasteiger partial charge in [0.2, 0.25) is 11.1 Å². The fraction of sp³-hybridized carbons (Fsp3) is 0.375. The number of hydrogen-bond acceptors (Lipinski definition) is 6. The first-order valence-electron chi connectivity index (χ1n) is 4.11. The molecule has 0 spiro atoms. The topological polar surface area (TPSA) is 80.7 Å². The van der Waals surface area contributed by atoms with Gasteiger partial charge in [0.15, 0.2) is 0 Å². The first-order chi connectivity index (χ1) is 7.26. The minimum Gasteiger partial charge on any atom is -0.292 e. The van der Waals surface area contributed by atoms with E-state index in [1.807, 2.05) is 6.26 Å². The Bertz CT molecular complexity index is 372. The predicted octanol–water partition coefficient (Wildman–Crippen LogP) is 0.340. The second-order valence-electron chi connectivity index (χ2n) is 2.46. The maximum absolute atomic E-state index is 11.2. The third-order valence-corrected chi connectivity index (χ3v) is 1.92. The van der Waals surface area contributed by atoms with Crippen molar-refractivity contribution in [2.45, 2.75) is 18.0 Å². The second-order valence-corrected chi connectivity index (χ2v) is 3.24. The van der Waals surface area contributed by atoms with E-state index in [0.29, 0.717) is 11.6 Å². The van der Waals surface area contributed by atoms with Crippen LogP contribution < -0.4 is 5.32 Å². The van der Waals surface area contributed by atoms with Crippen LogP contribution >= 0.6 is 11.8 Å². The van der Waals surface area contributed by atoms with E-state index in [-0.39, 0.29) is 18.3 Å². The number of thioether (sulfide) groups is 1. The van der Waals surface area contributed by atoms with Gasteiger partial charge in [0.1, 0.15) is 0 Å². The molecule has 0 aliphatic rings. The molecule has 15 heavy (non-hydrogen) atoms. The Labute approximate surface area is 91.3 Å². The fourth-order valence-corrected chi connectivity index (χ4v) is 0.970. The van der Waals surface area contributed by atoms with Crippen LogP contribution in [0.2, 0.25) is 0 Å². The van der Waals surface area contributed by atoms with E-state index in [1.54, 1.807) is 0 Å². The van der Waals surface area contributed by atoms with Gasteiger partial charge in [0.05, 0.1) is 0 Å². The quantitative estimate of drug-likeness (QED) is 0.585. The van der Waals surface area contributed by atoms with Crippen molar-refractivity contribution in [1.82, 2.24) is 20.4 Å². The molecule has 0 atom stereocenters. The van der Waals surface area contributed by atoms with E-state index in [9.17, 15) is 4.79 Å². The number of amides is 1.